The number of rotatable bonds is 9. The van der Waals surface area contributed by atoms with Crippen LogP contribution < -0.4 is 0 Å². The summed E-state index contributed by atoms with van der Waals surface area (Å²) < 4.78 is 0. The number of hydrogen-bond donors (Lipinski definition) is 2. The zero-order chi connectivity index (χ0) is 21.3. The van der Waals surface area contributed by atoms with Gasteiger partial charge in [-0.15, -0.1) is 0 Å². The maximum atomic E-state index is 11.7. The van der Waals surface area contributed by atoms with Gasteiger partial charge in [-0.3, -0.25) is 0 Å². The second kappa shape index (κ2) is 16.3. The molecule has 2 N–H and O–H groups in total. The van der Waals surface area contributed by atoms with Crippen molar-refractivity contribution >= 4 is 0 Å². The van der Waals surface area contributed by atoms with Crippen LogP contribution in [0, 0.1) is 5.92 Å². The van der Waals surface area contributed by atoms with E-state index in [1.165, 1.54) is 19.3 Å². The van der Waals surface area contributed by atoms with E-state index < -0.39 is 5.60 Å². The van der Waals surface area contributed by atoms with Crippen molar-refractivity contribution < 1.29 is 10.2 Å². The molecule has 0 saturated carbocycles. The minimum Gasteiger partial charge on any atom is -0.400 e. The molecule has 2 aromatic rings. The summed E-state index contributed by atoms with van der Waals surface area (Å²) in [4.78, 5) is 0. The van der Waals surface area contributed by atoms with Gasteiger partial charge in [0.1, 0.15) is 5.60 Å². The summed E-state index contributed by atoms with van der Waals surface area (Å²) in [5, 5.41) is 18.7. The van der Waals surface area contributed by atoms with Crippen LogP contribution in [0.2, 0.25) is 0 Å². The minimum atomic E-state index is -0.894. The van der Waals surface area contributed by atoms with Gasteiger partial charge in [0.15, 0.2) is 0 Å². The molecule has 0 aromatic heterocycles. The molecule has 0 heterocycles. The molecule has 0 aliphatic carbocycles. The SMILES string of the molecule is CCCC(CCC)C(O)(c1ccccc1)c1ccccc1.CCCCC.CO. The predicted octanol–water partition coefficient (Wildman–Crippen LogP) is 6.94. The maximum Gasteiger partial charge on any atom is 0.117 e. The molecule has 0 fully saturated rings. The van der Waals surface area contributed by atoms with Crippen molar-refractivity contribution in [2.45, 2.75) is 78.2 Å². The van der Waals surface area contributed by atoms with Crippen molar-refractivity contribution in [1.82, 2.24) is 0 Å². The highest BCUT2D eigenvalue weighted by Gasteiger charge is 2.38. The van der Waals surface area contributed by atoms with Gasteiger partial charge in [0.2, 0.25) is 0 Å². The first-order chi connectivity index (χ1) is 13.6. The lowest BCUT2D eigenvalue weighted by atomic mass is 9.72. The second-order valence-electron chi connectivity index (χ2n) is 7.13. The van der Waals surface area contributed by atoms with Crippen molar-refractivity contribution in [3.63, 3.8) is 0 Å². The van der Waals surface area contributed by atoms with Crippen LogP contribution in [0.3, 0.4) is 0 Å². The third kappa shape index (κ3) is 8.16. The normalized spacial score (nSPS) is 10.6. The van der Waals surface area contributed by atoms with Crippen LogP contribution in [0.5, 0.6) is 0 Å². The van der Waals surface area contributed by atoms with Crippen LogP contribution in [-0.4, -0.2) is 17.3 Å². The fraction of sp³-hybridized carbons (Fsp3) is 0.538. The van der Waals surface area contributed by atoms with Crippen LogP contribution in [0.25, 0.3) is 0 Å². The van der Waals surface area contributed by atoms with E-state index in [4.69, 9.17) is 5.11 Å². The van der Waals surface area contributed by atoms with Crippen LogP contribution >= 0.6 is 0 Å². The number of aliphatic hydroxyl groups is 2. The summed E-state index contributed by atoms with van der Waals surface area (Å²) in [6.07, 6.45) is 8.33. The van der Waals surface area contributed by atoms with Gasteiger partial charge in [-0.1, -0.05) is 120 Å². The fourth-order valence-corrected chi connectivity index (χ4v) is 3.64. The Hall–Kier alpha value is -1.64. The number of aliphatic hydroxyl groups excluding tert-OH is 1. The number of unbranched alkanes of at least 4 members (excludes halogenated alkanes) is 2. The summed E-state index contributed by atoms with van der Waals surface area (Å²) in [5.74, 6) is 0.247. The highest BCUT2D eigenvalue weighted by molar-refractivity contribution is 5.36. The average Bonchev–Trinajstić information content (AvgIpc) is 2.77. The molecule has 2 rings (SSSR count). The Morgan fingerprint density at radius 1 is 0.643 bits per heavy atom. The minimum absolute atomic E-state index is 0.247. The Morgan fingerprint density at radius 2 is 1.00 bits per heavy atom. The first kappa shape index (κ1) is 26.4. The molecular formula is C26H42O2. The van der Waals surface area contributed by atoms with Gasteiger partial charge in [-0.2, -0.15) is 0 Å². The zero-order valence-electron chi connectivity index (χ0n) is 18.7. The molecule has 0 radical (unpaired) electrons. The lowest BCUT2D eigenvalue weighted by molar-refractivity contribution is 0.00732. The van der Waals surface area contributed by atoms with Crippen molar-refractivity contribution in [2.24, 2.45) is 5.92 Å². The van der Waals surface area contributed by atoms with Crippen molar-refractivity contribution in [3.8, 4) is 0 Å². The highest BCUT2D eigenvalue weighted by atomic mass is 16.3. The van der Waals surface area contributed by atoms with Gasteiger partial charge in [-0.05, 0) is 29.9 Å². The largest absolute Gasteiger partial charge is 0.400 e. The van der Waals surface area contributed by atoms with E-state index in [-0.39, 0.29) is 5.92 Å². The molecule has 2 nitrogen and oxygen atoms in total. The van der Waals surface area contributed by atoms with Gasteiger partial charge in [0.05, 0.1) is 0 Å². The topological polar surface area (TPSA) is 40.5 Å². The van der Waals surface area contributed by atoms with Crippen LogP contribution in [0.4, 0.5) is 0 Å². The molecule has 0 spiro atoms. The van der Waals surface area contributed by atoms with Crippen molar-refractivity contribution in [2.75, 3.05) is 7.11 Å². The molecule has 28 heavy (non-hydrogen) atoms. The molecule has 2 aromatic carbocycles. The highest BCUT2D eigenvalue weighted by Crippen LogP contribution is 2.41. The smallest absolute Gasteiger partial charge is 0.117 e. The number of hydrogen-bond acceptors (Lipinski definition) is 2. The predicted molar refractivity (Wildman–Crippen MR) is 123 cm³/mol. The van der Waals surface area contributed by atoms with E-state index in [2.05, 4.69) is 27.7 Å². The summed E-state index contributed by atoms with van der Waals surface area (Å²) >= 11 is 0. The van der Waals surface area contributed by atoms with E-state index in [0.29, 0.717) is 0 Å². The first-order valence-electron chi connectivity index (χ1n) is 10.9. The maximum absolute atomic E-state index is 11.7. The van der Waals surface area contributed by atoms with E-state index >= 15 is 0 Å². The lowest BCUT2D eigenvalue weighted by Gasteiger charge is -2.37. The zero-order valence-corrected chi connectivity index (χ0v) is 18.7. The number of benzene rings is 2. The van der Waals surface area contributed by atoms with Crippen molar-refractivity contribution in [1.29, 1.82) is 0 Å². The summed E-state index contributed by atoms with van der Waals surface area (Å²) in [6, 6.07) is 20.2. The molecule has 2 heteroatoms. The third-order valence-corrected chi connectivity index (χ3v) is 5.00. The van der Waals surface area contributed by atoms with Gasteiger partial charge in [0.25, 0.3) is 0 Å². The van der Waals surface area contributed by atoms with E-state index in [9.17, 15) is 5.11 Å². The van der Waals surface area contributed by atoms with Gasteiger partial charge >= 0.3 is 0 Å². The fourth-order valence-electron chi connectivity index (χ4n) is 3.64. The van der Waals surface area contributed by atoms with E-state index in [1.54, 1.807) is 0 Å². The molecule has 0 aliphatic rings. The molecular weight excluding hydrogens is 344 g/mol. The molecule has 0 amide bonds. The van der Waals surface area contributed by atoms with Crippen LogP contribution in [-0.2, 0) is 5.60 Å². The molecule has 0 aliphatic heterocycles. The van der Waals surface area contributed by atoms with Gasteiger partial charge in [0, 0.05) is 7.11 Å². The average molecular weight is 387 g/mol. The van der Waals surface area contributed by atoms with Gasteiger partial charge < -0.3 is 10.2 Å². The Labute approximate surface area is 173 Å². The summed E-state index contributed by atoms with van der Waals surface area (Å²) in [7, 11) is 1.00. The first-order valence-corrected chi connectivity index (χ1v) is 10.9. The molecule has 158 valence electrons. The second-order valence-corrected chi connectivity index (χ2v) is 7.13. The third-order valence-electron chi connectivity index (χ3n) is 5.00. The van der Waals surface area contributed by atoms with Crippen molar-refractivity contribution in [3.05, 3.63) is 71.8 Å². The quantitative estimate of drug-likeness (QED) is 0.490. The molecule has 0 atom stereocenters. The lowest BCUT2D eigenvalue weighted by Crippen LogP contribution is -2.36. The summed E-state index contributed by atoms with van der Waals surface area (Å²) in [5.41, 5.74) is 1.11. The Kier molecular flexibility index (Phi) is 15.4. The van der Waals surface area contributed by atoms with E-state index in [1.807, 2.05) is 60.7 Å². The van der Waals surface area contributed by atoms with Crippen LogP contribution in [0.1, 0.15) is 83.8 Å². The monoisotopic (exact) mass is 386 g/mol. The Balaban J connectivity index is 0.000000906. The van der Waals surface area contributed by atoms with Crippen LogP contribution in [0.15, 0.2) is 60.7 Å². The standard InChI is InChI=1S/C20H26O.C5H12.CH4O/c1-3-11-17(12-4-2)20(21,18-13-7-5-8-14-18)19-15-9-6-10-16-19;1-3-5-4-2;1-2/h5-10,13-17,21H,3-4,11-12H2,1-2H3;3-5H2,1-2H3;2H,1H3. The molecule has 0 saturated heterocycles. The van der Waals surface area contributed by atoms with Gasteiger partial charge in [-0.25, -0.2) is 0 Å². The molecule has 0 bridgehead atoms. The van der Waals surface area contributed by atoms with E-state index in [0.717, 1.165) is 43.9 Å². The Bertz CT molecular complexity index is 518. The molecule has 0 unspecified atom stereocenters. The Morgan fingerprint density at radius 3 is 1.25 bits per heavy atom. The summed E-state index contributed by atoms with van der Waals surface area (Å²) in [6.45, 7) is 8.81.